The molecule has 1 amide bonds. The van der Waals surface area contributed by atoms with Crippen molar-refractivity contribution >= 4 is 29.1 Å². The van der Waals surface area contributed by atoms with Crippen LogP contribution in [-0.4, -0.2) is 33.8 Å². The number of rotatable bonds is 5. The number of amides is 1. The molecular weight excluding hydrogens is 440 g/mol. The summed E-state index contributed by atoms with van der Waals surface area (Å²) < 4.78 is 5.52. The summed E-state index contributed by atoms with van der Waals surface area (Å²) >= 11 is 6.08. The number of hydrogen-bond donors (Lipinski definition) is 1. The van der Waals surface area contributed by atoms with Crippen LogP contribution < -0.4 is 4.74 Å². The molecule has 0 radical (unpaired) electrons. The summed E-state index contributed by atoms with van der Waals surface area (Å²) in [7, 11) is 1.50. The van der Waals surface area contributed by atoms with Crippen LogP contribution in [0.15, 0.2) is 66.4 Å². The predicted octanol–water partition coefficient (Wildman–Crippen LogP) is 4.98. The number of pyridine rings is 1. The Labute approximate surface area is 197 Å². The van der Waals surface area contributed by atoms with E-state index in [0.717, 1.165) is 11.1 Å². The van der Waals surface area contributed by atoms with E-state index in [-0.39, 0.29) is 17.9 Å². The zero-order chi connectivity index (χ0) is 23.7. The minimum absolute atomic E-state index is 0.00144. The molecule has 0 aliphatic carbocycles. The number of aliphatic hydroxyl groups is 1. The van der Waals surface area contributed by atoms with Crippen molar-refractivity contribution in [1.82, 2.24) is 9.88 Å². The monoisotopic (exact) mass is 462 g/mol. The van der Waals surface area contributed by atoms with Gasteiger partial charge in [-0.2, -0.15) is 0 Å². The smallest absolute Gasteiger partial charge is 0.296 e. The Bertz CT molecular complexity index is 1250. The van der Waals surface area contributed by atoms with Gasteiger partial charge in [-0.15, -0.1) is 0 Å². The molecule has 0 spiro atoms. The number of likely N-dealkylation sites (tertiary alicyclic amines) is 1. The highest BCUT2D eigenvalue weighted by atomic mass is 35.5. The first-order valence-corrected chi connectivity index (χ1v) is 10.8. The van der Waals surface area contributed by atoms with Gasteiger partial charge in [0.05, 0.1) is 36.5 Å². The number of carbonyl (C=O) groups excluding carboxylic acids is 2. The fraction of sp³-hybridized carbons (Fsp3) is 0.192. The summed E-state index contributed by atoms with van der Waals surface area (Å²) in [6, 6.07) is 15.1. The van der Waals surface area contributed by atoms with E-state index in [1.165, 1.54) is 12.0 Å². The van der Waals surface area contributed by atoms with E-state index < -0.39 is 17.7 Å². The first kappa shape index (κ1) is 22.6. The van der Waals surface area contributed by atoms with Crippen LogP contribution in [0, 0.1) is 13.8 Å². The van der Waals surface area contributed by atoms with E-state index in [0.29, 0.717) is 27.6 Å². The largest absolute Gasteiger partial charge is 0.507 e. The molecule has 1 fully saturated rings. The van der Waals surface area contributed by atoms with Crippen LogP contribution in [0.2, 0.25) is 5.02 Å². The lowest BCUT2D eigenvalue weighted by atomic mass is 9.93. The standard InChI is InChI=1S/C26H23ClN2O4/c1-15-12-16(2)25(33-3)20(13-15)23(30)21-22(17-7-9-18(27)10-8-17)29(26(32)24(21)31)14-19-6-4-5-11-28-19/h4-13,22,30H,14H2,1-3H3/b23-21+. The lowest BCUT2D eigenvalue weighted by molar-refractivity contribution is -0.140. The summed E-state index contributed by atoms with van der Waals surface area (Å²) in [5, 5.41) is 11.9. The molecule has 2 aromatic carbocycles. The Balaban J connectivity index is 1.93. The molecule has 0 saturated carbocycles. The highest BCUT2D eigenvalue weighted by Crippen LogP contribution is 2.42. The zero-order valence-corrected chi connectivity index (χ0v) is 19.3. The third-order valence-corrected chi connectivity index (χ3v) is 5.91. The van der Waals surface area contributed by atoms with Gasteiger partial charge in [0, 0.05) is 11.2 Å². The van der Waals surface area contributed by atoms with Crippen molar-refractivity contribution < 1.29 is 19.4 Å². The van der Waals surface area contributed by atoms with E-state index in [9.17, 15) is 14.7 Å². The lowest BCUT2D eigenvalue weighted by Crippen LogP contribution is -2.29. The van der Waals surface area contributed by atoms with E-state index in [2.05, 4.69) is 4.98 Å². The molecule has 1 unspecified atom stereocenters. The van der Waals surface area contributed by atoms with E-state index in [1.807, 2.05) is 26.0 Å². The fourth-order valence-electron chi connectivity index (χ4n) is 4.25. The van der Waals surface area contributed by atoms with Crippen LogP contribution >= 0.6 is 11.6 Å². The number of aryl methyl sites for hydroxylation is 2. The lowest BCUT2D eigenvalue weighted by Gasteiger charge is -2.25. The molecule has 1 aliphatic heterocycles. The Morgan fingerprint density at radius 1 is 1.12 bits per heavy atom. The van der Waals surface area contributed by atoms with E-state index in [1.54, 1.807) is 48.7 Å². The summed E-state index contributed by atoms with van der Waals surface area (Å²) in [6.07, 6.45) is 1.63. The van der Waals surface area contributed by atoms with Crippen molar-refractivity contribution in [2.45, 2.75) is 26.4 Å². The number of aromatic nitrogens is 1. The van der Waals surface area contributed by atoms with Gasteiger partial charge in [-0.25, -0.2) is 0 Å². The topological polar surface area (TPSA) is 79.7 Å². The van der Waals surface area contributed by atoms with Crippen LogP contribution in [-0.2, 0) is 16.1 Å². The third kappa shape index (κ3) is 4.22. The van der Waals surface area contributed by atoms with E-state index >= 15 is 0 Å². The first-order valence-electron chi connectivity index (χ1n) is 10.4. The summed E-state index contributed by atoms with van der Waals surface area (Å²) in [4.78, 5) is 32.1. The van der Waals surface area contributed by atoms with Crippen LogP contribution in [0.1, 0.15) is 34.0 Å². The molecule has 33 heavy (non-hydrogen) atoms. The minimum atomic E-state index is -0.810. The Morgan fingerprint density at radius 3 is 2.48 bits per heavy atom. The van der Waals surface area contributed by atoms with Gasteiger partial charge in [0.15, 0.2) is 0 Å². The molecule has 1 saturated heterocycles. The number of ketones is 1. The van der Waals surface area contributed by atoms with Gasteiger partial charge in [-0.3, -0.25) is 14.6 Å². The third-order valence-electron chi connectivity index (χ3n) is 5.66. The molecule has 2 heterocycles. The highest BCUT2D eigenvalue weighted by Gasteiger charge is 2.46. The number of nitrogens with zero attached hydrogens (tertiary/aromatic N) is 2. The van der Waals surface area contributed by atoms with Crippen molar-refractivity contribution in [2.75, 3.05) is 7.11 Å². The van der Waals surface area contributed by atoms with E-state index in [4.69, 9.17) is 16.3 Å². The van der Waals surface area contributed by atoms with Crippen molar-refractivity contribution in [2.24, 2.45) is 0 Å². The highest BCUT2D eigenvalue weighted by molar-refractivity contribution is 6.46. The van der Waals surface area contributed by atoms with Gasteiger partial charge in [-0.1, -0.05) is 35.9 Å². The van der Waals surface area contributed by atoms with Gasteiger partial charge in [0.25, 0.3) is 11.7 Å². The average molecular weight is 463 g/mol. The summed E-state index contributed by atoms with van der Waals surface area (Å²) in [5.74, 6) is -1.29. The maximum absolute atomic E-state index is 13.2. The average Bonchev–Trinajstić information content (AvgIpc) is 3.04. The van der Waals surface area contributed by atoms with Crippen molar-refractivity contribution in [3.8, 4) is 5.75 Å². The fourth-order valence-corrected chi connectivity index (χ4v) is 4.37. The molecule has 6 nitrogen and oxygen atoms in total. The SMILES string of the molecule is COc1c(C)cc(C)cc1/C(O)=C1\C(=O)C(=O)N(Cc2ccccn2)C1c1ccc(Cl)cc1. The first-order chi connectivity index (χ1) is 15.8. The maximum Gasteiger partial charge on any atom is 0.296 e. The quantitative estimate of drug-likeness (QED) is 0.328. The molecule has 1 aliphatic rings. The predicted molar refractivity (Wildman–Crippen MR) is 126 cm³/mol. The van der Waals surface area contributed by atoms with Crippen LogP contribution in [0.5, 0.6) is 5.75 Å². The number of halogens is 1. The number of ether oxygens (including phenoxy) is 1. The second-order valence-corrected chi connectivity index (χ2v) is 8.40. The van der Waals surface area contributed by atoms with Gasteiger partial charge in [0.2, 0.25) is 0 Å². The molecule has 1 N–H and O–H groups in total. The van der Waals surface area contributed by atoms with Gasteiger partial charge >= 0.3 is 0 Å². The molecule has 1 atom stereocenters. The molecule has 1 aromatic heterocycles. The normalized spacial score (nSPS) is 17.5. The Kier molecular flexibility index (Phi) is 6.20. The molecule has 3 aromatic rings. The molecule has 0 bridgehead atoms. The number of hydrogen-bond acceptors (Lipinski definition) is 5. The summed E-state index contributed by atoms with van der Waals surface area (Å²) in [6.45, 7) is 3.86. The van der Waals surface area contributed by atoms with Crippen molar-refractivity contribution in [3.63, 3.8) is 0 Å². The maximum atomic E-state index is 13.2. The number of methoxy groups -OCH3 is 1. The van der Waals surface area contributed by atoms with Crippen LogP contribution in [0.25, 0.3) is 5.76 Å². The second kappa shape index (κ2) is 9.08. The van der Waals surface area contributed by atoms with Gasteiger partial charge in [0.1, 0.15) is 11.5 Å². The summed E-state index contributed by atoms with van der Waals surface area (Å²) in [5.41, 5.74) is 3.35. The molecule has 168 valence electrons. The Morgan fingerprint density at radius 2 is 1.85 bits per heavy atom. The zero-order valence-electron chi connectivity index (χ0n) is 18.5. The number of benzene rings is 2. The molecule has 7 heteroatoms. The minimum Gasteiger partial charge on any atom is -0.507 e. The number of carbonyl (C=O) groups is 2. The molecule has 4 rings (SSSR count). The number of aliphatic hydroxyl groups excluding tert-OH is 1. The van der Waals surface area contributed by atoms with Gasteiger partial charge in [-0.05, 0) is 60.9 Å². The molecular formula is C26H23ClN2O4. The van der Waals surface area contributed by atoms with Crippen LogP contribution in [0.4, 0.5) is 0 Å². The Hall–Kier alpha value is -3.64. The number of Topliss-reactive ketones (excluding diaryl/α,β-unsaturated/α-hetero) is 1. The second-order valence-electron chi connectivity index (χ2n) is 7.96. The van der Waals surface area contributed by atoms with Gasteiger partial charge < -0.3 is 14.7 Å². The van der Waals surface area contributed by atoms with Crippen LogP contribution in [0.3, 0.4) is 0 Å². The van der Waals surface area contributed by atoms with Crippen molar-refractivity contribution in [1.29, 1.82) is 0 Å². The van der Waals surface area contributed by atoms with Crippen molar-refractivity contribution in [3.05, 3.63) is 99.3 Å².